The fraction of sp³-hybridized carbons (Fsp3) is 0.690. The summed E-state index contributed by atoms with van der Waals surface area (Å²) < 4.78 is 5.49. The first-order valence-corrected chi connectivity index (χ1v) is 13.6. The number of alkyl carbamates (subject to hydrolysis) is 1. The summed E-state index contributed by atoms with van der Waals surface area (Å²) >= 11 is 0. The first-order chi connectivity index (χ1) is 16.9. The van der Waals surface area contributed by atoms with E-state index < -0.39 is 23.8 Å². The van der Waals surface area contributed by atoms with Crippen molar-refractivity contribution < 1.29 is 19.1 Å². The van der Waals surface area contributed by atoms with Crippen molar-refractivity contribution in [1.82, 2.24) is 15.5 Å². The van der Waals surface area contributed by atoms with Crippen molar-refractivity contribution >= 4 is 17.9 Å². The van der Waals surface area contributed by atoms with Crippen LogP contribution in [0.15, 0.2) is 18.2 Å². The monoisotopic (exact) mass is 501 g/mol. The molecule has 0 heterocycles. The number of benzene rings is 1. The van der Waals surface area contributed by atoms with Gasteiger partial charge in [0.2, 0.25) is 11.8 Å². The van der Waals surface area contributed by atoms with Crippen LogP contribution in [-0.4, -0.2) is 47.0 Å². The average Bonchev–Trinajstić information content (AvgIpc) is 2.75. The van der Waals surface area contributed by atoms with Crippen LogP contribution in [0.25, 0.3) is 0 Å². The Balaban J connectivity index is 2.54. The summed E-state index contributed by atoms with van der Waals surface area (Å²) in [6.45, 7) is 16.0. The van der Waals surface area contributed by atoms with Crippen molar-refractivity contribution in [2.24, 2.45) is 5.92 Å². The highest BCUT2D eigenvalue weighted by atomic mass is 16.6. The molecule has 0 aliphatic heterocycles. The lowest BCUT2D eigenvalue weighted by atomic mass is 9.85. The van der Waals surface area contributed by atoms with Gasteiger partial charge in [0, 0.05) is 12.6 Å². The number of carbonyl (C=O) groups excluding carboxylic acids is 3. The normalized spacial score (nSPS) is 16.3. The molecule has 1 fully saturated rings. The number of nitrogens with zero attached hydrogens (tertiary/aromatic N) is 1. The summed E-state index contributed by atoms with van der Waals surface area (Å²) in [7, 11) is 0. The van der Waals surface area contributed by atoms with Crippen molar-refractivity contribution in [1.29, 1.82) is 0 Å². The molecule has 0 saturated heterocycles. The van der Waals surface area contributed by atoms with E-state index in [9.17, 15) is 14.4 Å². The molecule has 0 radical (unpaired) electrons. The van der Waals surface area contributed by atoms with Gasteiger partial charge in [-0.25, -0.2) is 4.79 Å². The summed E-state index contributed by atoms with van der Waals surface area (Å²) in [4.78, 5) is 42.6. The lowest BCUT2D eigenvalue weighted by Crippen LogP contribution is -2.59. The SMILES string of the molecule is CCCCNC(=O)C(c1c(C)cccc1C)N(C(=O)C(NC(=O)OC(C)(C)C)C(C)CC)C1CCC1. The number of nitrogens with one attached hydrogen (secondary N) is 2. The van der Waals surface area contributed by atoms with E-state index in [1.165, 1.54) is 0 Å². The molecule has 202 valence electrons. The molecule has 3 unspecified atom stereocenters. The zero-order valence-electron chi connectivity index (χ0n) is 23.6. The van der Waals surface area contributed by atoms with Crippen molar-refractivity contribution in [3.05, 3.63) is 34.9 Å². The third kappa shape index (κ3) is 7.71. The molecule has 7 nitrogen and oxygen atoms in total. The van der Waals surface area contributed by atoms with E-state index in [1.807, 2.05) is 45.9 Å². The third-order valence-corrected chi connectivity index (χ3v) is 7.05. The van der Waals surface area contributed by atoms with Crippen LogP contribution in [0.1, 0.15) is 103 Å². The largest absolute Gasteiger partial charge is 0.444 e. The number of unbranched alkanes of at least 4 members (excludes halogenated alkanes) is 1. The van der Waals surface area contributed by atoms with Gasteiger partial charge in [-0.15, -0.1) is 0 Å². The Hall–Kier alpha value is -2.57. The lowest BCUT2D eigenvalue weighted by molar-refractivity contribution is -0.148. The van der Waals surface area contributed by atoms with E-state index in [0.29, 0.717) is 13.0 Å². The van der Waals surface area contributed by atoms with Crippen molar-refractivity contribution in [3.8, 4) is 0 Å². The van der Waals surface area contributed by atoms with Crippen LogP contribution in [-0.2, 0) is 14.3 Å². The molecule has 1 aliphatic carbocycles. The van der Waals surface area contributed by atoms with Gasteiger partial charge < -0.3 is 20.3 Å². The Morgan fingerprint density at radius 2 is 1.72 bits per heavy atom. The highest BCUT2D eigenvalue weighted by Gasteiger charge is 2.43. The minimum atomic E-state index is -0.791. The minimum Gasteiger partial charge on any atom is -0.444 e. The smallest absolute Gasteiger partial charge is 0.408 e. The second kappa shape index (κ2) is 13.1. The van der Waals surface area contributed by atoms with E-state index in [4.69, 9.17) is 4.74 Å². The standard InChI is InChI=1S/C29H47N3O4/c1-9-11-18-30-26(33)25(23-20(4)14-12-15-21(23)5)32(22-16-13-17-22)27(34)24(19(3)10-2)31-28(35)36-29(6,7)8/h12,14-15,19,22,24-25H,9-11,13,16-18H2,1-8H3,(H,30,33)(H,31,35). The van der Waals surface area contributed by atoms with Crippen LogP contribution in [0.3, 0.4) is 0 Å². The summed E-state index contributed by atoms with van der Waals surface area (Å²) in [5.74, 6) is -0.520. The number of rotatable bonds is 11. The molecule has 2 N–H and O–H groups in total. The molecule has 1 saturated carbocycles. The fourth-order valence-corrected chi connectivity index (χ4v) is 4.60. The molecule has 1 aromatic carbocycles. The topological polar surface area (TPSA) is 87.7 Å². The maximum atomic E-state index is 14.3. The Morgan fingerprint density at radius 3 is 2.19 bits per heavy atom. The Bertz CT molecular complexity index is 884. The Kier molecular flexibility index (Phi) is 10.8. The first kappa shape index (κ1) is 29.7. The van der Waals surface area contributed by atoms with Gasteiger partial charge in [0.1, 0.15) is 17.7 Å². The molecular formula is C29H47N3O4. The first-order valence-electron chi connectivity index (χ1n) is 13.6. The molecule has 0 bridgehead atoms. The van der Waals surface area contributed by atoms with Crippen molar-refractivity contribution in [3.63, 3.8) is 0 Å². The van der Waals surface area contributed by atoms with E-state index >= 15 is 0 Å². The predicted octanol–water partition coefficient (Wildman–Crippen LogP) is 5.58. The van der Waals surface area contributed by atoms with Crippen molar-refractivity contribution in [2.45, 2.75) is 118 Å². The van der Waals surface area contributed by atoms with Crippen LogP contribution in [0.5, 0.6) is 0 Å². The summed E-state index contributed by atoms with van der Waals surface area (Å²) in [5.41, 5.74) is 2.14. The zero-order chi connectivity index (χ0) is 27.0. The maximum absolute atomic E-state index is 14.3. The van der Waals surface area contributed by atoms with E-state index in [-0.39, 0.29) is 23.8 Å². The summed E-state index contributed by atoms with van der Waals surface area (Å²) in [5, 5.41) is 5.93. The highest BCUT2D eigenvalue weighted by molar-refractivity contribution is 5.93. The van der Waals surface area contributed by atoms with Gasteiger partial charge >= 0.3 is 6.09 Å². The second-order valence-electron chi connectivity index (χ2n) is 11.2. The van der Waals surface area contributed by atoms with Crippen molar-refractivity contribution in [2.75, 3.05) is 6.54 Å². The van der Waals surface area contributed by atoms with Gasteiger partial charge in [-0.1, -0.05) is 51.8 Å². The molecule has 3 amide bonds. The summed E-state index contributed by atoms with van der Waals surface area (Å²) in [6, 6.07) is 4.35. The number of hydrogen-bond donors (Lipinski definition) is 2. The average molecular weight is 502 g/mol. The number of ether oxygens (including phenoxy) is 1. The third-order valence-electron chi connectivity index (χ3n) is 7.05. The molecule has 7 heteroatoms. The number of amides is 3. The fourth-order valence-electron chi connectivity index (χ4n) is 4.60. The van der Waals surface area contributed by atoms with E-state index in [2.05, 4.69) is 17.6 Å². The van der Waals surface area contributed by atoms with Gasteiger partial charge in [0.15, 0.2) is 0 Å². The highest BCUT2D eigenvalue weighted by Crippen LogP contribution is 2.36. The maximum Gasteiger partial charge on any atom is 0.408 e. The van der Waals surface area contributed by atoms with E-state index in [0.717, 1.165) is 48.8 Å². The molecule has 36 heavy (non-hydrogen) atoms. The minimum absolute atomic E-state index is 0.0505. The van der Waals surface area contributed by atoms with Gasteiger partial charge in [-0.2, -0.15) is 0 Å². The van der Waals surface area contributed by atoms with Gasteiger partial charge in [0.05, 0.1) is 0 Å². The molecule has 0 aromatic heterocycles. The second-order valence-corrected chi connectivity index (χ2v) is 11.2. The number of carbonyl (C=O) groups is 3. The van der Waals surface area contributed by atoms with Gasteiger partial charge in [-0.05, 0) is 82.9 Å². The summed E-state index contributed by atoms with van der Waals surface area (Å²) in [6.07, 6.45) is 4.61. The lowest BCUT2D eigenvalue weighted by Gasteiger charge is -2.45. The van der Waals surface area contributed by atoms with Gasteiger partial charge in [-0.3, -0.25) is 9.59 Å². The Morgan fingerprint density at radius 1 is 1.11 bits per heavy atom. The molecule has 1 aliphatic rings. The van der Waals surface area contributed by atoms with Crippen LogP contribution in [0.2, 0.25) is 0 Å². The predicted molar refractivity (Wildman–Crippen MR) is 144 cm³/mol. The molecule has 2 rings (SSSR count). The van der Waals surface area contributed by atoms with Crippen LogP contribution < -0.4 is 10.6 Å². The van der Waals surface area contributed by atoms with Crippen LogP contribution in [0, 0.1) is 19.8 Å². The van der Waals surface area contributed by atoms with E-state index in [1.54, 1.807) is 25.7 Å². The number of aryl methyl sites for hydroxylation is 2. The zero-order valence-corrected chi connectivity index (χ0v) is 23.6. The molecule has 0 spiro atoms. The van der Waals surface area contributed by atoms with Crippen LogP contribution in [0.4, 0.5) is 4.79 Å². The molecular weight excluding hydrogens is 454 g/mol. The van der Waals surface area contributed by atoms with Crippen LogP contribution >= 0.6 is 0 Å². The quantitative estimate of drug-likeness (QED) is 0.387. The molecule has 3 atom stereocenters. The Labute approximate surface area is 217 Å². The molecule has 1 aromatic rings. The number of hydrogen-bond acceptors (Lipinski definition) is 4. The van der Waals surface area contributed by atoms with Gasteiger partial charge in [0.25, 0.3) is 0 Å².